The van der Waals surface area contributed by atoms with Crippen LogP contribution in [0.4, 0.5) is 14.5 Å². The number of carbonyl (C=O) groups excluding carboxylic acids is 1. The largest absolute Gasteiger partial charge is 0.353 e. The molecule has 0 spiro atoms. The molecule has 2 aromatic carbocycles. The Morgan fingerprint density at radius 1 is 1.00 bits per heavy atom. The predicted octanol–water partition coefficient (Wildman–Crippen LogP) is 2.82. The average molecular weight is 323 g/mol. The number of nitrogens with zero attached hydrogens (tertiary/aromatic N) is 1. The van der Waals surface area contributed by atoms with Gasteiger partial charge in [-0.25, -0.2) is 8.42 Å². The summed E-state index contributed by atoms with van der Waals surface area (Å²) in [7, 11) is -4.39. The van der Waals surface area contributed by atoms with E-state index in [0.717, 1.165) is 11.6 Å². The van der Waals surface area contributed by atoms with Crippen LogP contribution in [-0.2, 0) is 20.7 Å². The maximum absolute atomic E-state index is 14.0. The van der Waals surface area contributed by atoms with E-state index in [-0.39, 0.29) is 14.9 Å². The van der Waals surface area contributed by atoms with E-state index in [9.17, 15) is 22.0 Å². The Bertz CT molecular complexity index is 861. The lowest BCUT2D eigenvalue weighted by molar-refractivity contribution is -0.140. The fraction of sp³-hybridized carbons (Fsp3) is 0.133. The Morgan fingerprint density at radius 3 is 2.23 bits per heavy atom. The van der Waals surface area contributed by atoms with Crippen molar-refractivity contribution < 1.29 is 22.0 Å². The Hall–Kier alpha value is -2.28. The zero-order valence-corrected chi connectivity index (χ0v) is 12.3. The first kappa shape index (κ1) is 14.6. The number of alkyl halides is 2. The van der Waals surface area contributed by atoms with Crippen molar-refractivity contribution in [3.8, 4) is 0 Å². The molecule has 1 aliphatic rings. The first-order valence-electron chi connectivity index (χ1n) is 6.40. The van der Waals surface area contributed by atoms with E-state index in [1.54, 1.807) is 6.92 Å². The molecule has 22 heavy (non-hydrogen) atoms. The summed E-state index contributed by atoms with van der Waals surface area (Å²) in [6.07, 6.45) is 0. The van der Waals surface area contributed by atoms with Gasteiger partial charge in [-0.05, 0) is 25.1 Å². The third-order valence-electron chi connectivity index (χ3n) is 3.47. The minimum absolute atomic E-state index is 0.187. The van der Waals surface area contributed by atoms with Crippen molar-refractivity contribution >= 4 is 21.6 Å². The highest BCUT2D eigenvalue weighted by Gasteiger charge is 2.56. The van der Waals surface area contributed by atoms with Gasteiger partial charge in [0.15, 0.2) is 0 Å². The Morgan fingerprint density at radius 2 is 1.59 bits per heavy atom. The number of halogens is 2. The Balaban J connectivity index is 2.20. The lowest BCUT2D eigenvalue weighted by atomic mass is 10.1. The summed E-state index contributed by atoms with van der Waals surface area (Å²) in [5.74, 6) is -5.61. The van der Waals surface area contributed by atoms with Gasteiger partial charge < -0.3 is 0 Å². The quantitative estimate of drug-likeness (QED) is 0.854. The zero-order chi connectivity index (χ0) is 16.1. The van der Waals surface area contributed by atoms with Gasteiger partial charge in [0, 0.05) is 0 Å². The molecule has 4 nitrogen and oxygen atoms in total. The first-order valence-corrected chi connectivity index (χ1v) is 7.84. The fourth-order valence-electron chi connectivity index (χ4n) is 2.32. The summed E-state index contributed by atoms with van der Waals surface area (Å²) in [4.78, 5) is 11.8. The number of sulfonamides is 1. The lowest BCUT2D eigenvalue weighted by Crippen LogP contribution is -2.39. The van der Waals surface area contributed by atoms with Gasteiger partial charge >= 0.3 is 11.8 Å². The predicted molar refractivity (Wildman–Crippen MR) is 76.2 cm³/mol. The van der Waals surface area contributed by atoms with Gasteiger partial charge in [0.05, 0.1) is 16.1 Å². The molecule has 0 bridgehead atoms. The summed E-state index contributed by atoms with van der Waals surface area (Å²) in [6.45, 7) is 1.76. The molecule has 0 radical (unpaired) electrons. The topological polar surface area (TPSA) is 54.5 Å². The number of fused-ring (bicyclic) bond motifs is 1. The third-order valence-corrected chi connectivity index (χ3v) is 5.18. The molecule has 0 saturated heterocycles. The van der Waals surface area contributed by atoms with Gasteiger partial charge in [0.2, 0.25) is 0 Å². The van der Waals surface area contributed by atoms with Crippen molar-refractivity contribution in [3.63, 3.8) is 0 Å². The van der Waals surface area contributed by atoms with Crippen LogP contribution in [0.5, 0.6) is 0 Å². The van der Waals surface area contributed by atoms with Gasteiger partial charge in [-0.3, -0.25) is 4.79 Å². The maximum Gasteiger partial charge on any atom is 0.353 e. The monoisotopic (exact) mass is 323 g/mol. The first-order chi connectivity index (χ1) is 10.3. The number of para-hydroxylation sites is 1. The number of anilines is 1. The van der Waals surface area contributed by atoms with E-state index < -0.39 is 27.4 Å². The van der Waals surface area contributed by atoms with Crippen LogP contribution in [0.2, 0.25) is 0 Å². The average Bonchev–Trinajstić information content (AvgIpc) is 2.68. The van der Waals surface area contributed by atoms with Crippen LogP contribution in [0.3, 0.4) is 0 Å². The van der Waals surface area contributed by atoms with Gasteiger partial charge in [0.25, 0.3) is 10.0 Å². The second-order valence-corrected chi connectivity index (χ2v) is 6.77. The van der Waals surface area contributed by atoms with Crippen molar-refractivity contribution in [1.29, 1.82) is 0 Å². The van der Waals surface area contributed by atoms with E-state index >= 15 is 0 Å². The van der Waals surface area contributed by atoms with E-state index in [1.165, 1.54) is 42.5 Å². The molecule has 0 unspecified atom stereocenters. The summed E-state index contributed by atoms with van der Waals surface area (Å²) in [6, 6.07) is 10.6. The number of rotatable bonds is 2. The minimum Gasteiger partial charge on any atom is -0.266 e. The van der Waals surface area contributed by atoms with Crippen LogP contribution >= 0.6 is 0 Å². The highest BCUT2D eigenvalue weighted by Crippen LogP contribution is 2.46. The molecule has 0 fully saturated rings. The molecule has 1 amide bonds. The zero-order valence-electron chi connectivity index (χ0n) is 11.5. The SMILES string of the molecule is Cc1ccc(S(=O)(=O)N2C(=O)C(F)(F)c3ccccc32)cc1. The number of benzene rings is 2. The number of carbonyl (C=O) groups is 1. The number of aryl methyl sites for hydroxylation is 1. The summed E-state index contributed by atoms with van der Waals surface area (Å²) in [5.41, 5.74) is -0.0915. The highest BCUT2D eigenvalue weighted by atomic mass is 32.2. The fourth-order valence-corrected chi connectivity index (χ4v) is 3.76. The number of amides is 1. The van der Waals surface area contributed by atoms with E-state index in [1.807, 2.05) is 0 Å². The maximum atomic E-state index is 14.0. The molecule has 114 valence electrons. The smallest absolute Gasteiger partial charge is 0.266 e. The van der Waals surface area contributed by atoms with E-state index in [2.05, 4.69) is 0 Å². The van der Waals surface area contributed by atoms with Gasteiger partial charge in [-0.1, -0.05) is 35.9 Å². The molecule has 1 aliphatic heterocycles. The summed E-state index contributed by atoms with van der Waals surface area (Å²) < 4.78 is 53.4. The van der Waals surface area contributed by atoms with Crippen LogP contribution in [-0.4, -0.2) is 14.3 Å². The molecule has 0 N–H and O–H groups in total. The number of hydrogen-bond donors (Lipinski definition) is 0. The highest BCUT2D eigenvalue weighted by molar-refractivity contribution is 7.93. The van der Waals surface area contributed by atoms with Gasteiger partial charge in [-0.2, -0.15) is 13.1 Å². The van der Waals surface area contributed by atoms with Gasteiger partial charge in [-0.15, -0.1) is 0 Å². The number of hydrogen-bond acceptors (Lipinski definition) is 3. The van der Waals surface area contributed by atoms with Crippen LogP contribution in [0.15, 0.2) is 53.4 Å². The molecule has 2 aromatic rings. The van der Waals surface area contributed by atoms with Crippen molar-refractivity contribution in [3.05, 3.63) is 59.7 Å². The van der Waals surface area contributed by atoms with Crippen LogP contribution < -0.4 is 4.31 Å². The molecule has 0 aromatic heterocycles. The molecule has 7 heteroatoms. The standard InChI is InChI=1S/C15H11F2NO3S/c1-10-6-8-11(9-7-10)22(20,21)18-13-5-3-2-4-12(13)15(16,17)14(18)19/h2-9H,1H3. The van der Waals surface area contributed by atoms with Crippen molar-refractivity contribution in [2.24, 2.45) is 0 Å². The van der Waals surface area contributed by atoms with Crippen LogP contribution in [0.1, 0.15) is 11.1 Å². The molecular formula is C15H11F2NO3S. The third kappa shape index (κ3) is 1.93. The Labute approximate surface area is 126 Å². The molecule has 1 heterocycles. The second kappa shape index (κ2) is 4.61. The normalized spacial score (nSPS) is 16.7. The van der Waals surface area contributed by atoms with Crippen molar-refractivity contribution in [1.82, 2.24) is 0 Å². The molecule has 0 atom stereocenters. The Kier molecular flexibility index (Phi) is 3.07. The lowest BCUT2D eigenvalue weighted by Gasteiger charge is -2.17. The molecule has 0 aliphatic carbocycles. The van der Waals surface area contributed by atoms with E-state index in [4.69, 9.17) is 0 Å². The minimum atomic E-state index is -4.39. The second-order valence-electron chi connectivity index (χ2n) is 4.98. The van der Waals surface area contributed by atoms with E-state index in [0.29, 0.717) is 0 Å². The van der Waals surface area contributed by atoms with Crippen LogP contribution in [0, 0.1) is 6.92 Å². The summed E-state index contributed by atoms with van der Waals surface area (Å²) in [5, 5.41) is 0. The molecule has 3 rings (SSSR count). The van der Waals surface area contributed by atoms with Gasteiger partial charge in [0.1, 0.15) is 0 Å². The molecule has 0 saturated carbocycles. The van der Waals surface area contributed by atoms with Crippen LogP contribution in [0.25, 0.3) is 0 Å². The summed E-state index contributed by atoms with van der Waals surface area (Å²) >= 11 is 0. The molecular weight excluding hydrogens is 312 g/mol. The van der Waals surface area contributed by atoms with Crippen molar-refractivity contribution in [2.75, 3.05) is 4.31 Å². The van der Waals surface area contributed by atoms with Crippen molar-refractivity contribution in [2.45, 2.75) is 17.7 Å².